The molecule has 0 unspecified atom stereocenters. The molecule has 1 amide bonds. The summed E-state index contributed by atoms with van der Waals surface area (Å²) in [4.78, 5) is 13.9. The number of rotatable bonds is 1. The second-order valence-corrected chi connectivity index (χ2v) is 4.40. The molecule has 3 nitrogen and oxygen atoms in total. The quantitative estimate of drug-likeness (QED) is 0.709. The summed E-state index contributed by atoms with van der Waals surface area (Å²) in [5, 5.41) is 3.30. The van der Waals surface area contributed by atoms with Gasteiger partial charge in [-0.25, -0.2) is 0 Å². The predicted octanol–water partition coefficient (Wildman–Crippen LogP) is 0.885. The number of nitrogens with zero attached hydrogens (tertiary/aromatic N) is 1. The van der Waals surface area contributed by atoms with Gasteiger partial charge in [-0.1, -0.05) is 6.92 Å². The third-order valence-electron chi connectivity index (χ3n) is 3.21. The Morgan fingerprint density at radius 1 is 1.43 bits per heavy atom. The molecule has 82 valence electrons. The van der Waals surface area contributed by atoms with E-state index in [0.717, 1.165) is 26.1 Å². The molecule has 2 rings (SSSR count). The highest BCUT2D eigenvalue weighted by molar-refractivity contribution is 5.85. The normalized spacial score (nSPS) is 36.1. The van der Waals surface area contributed by atoms with Crippen LogP contribution in [0.3, 0.4) is 0 Å². The lowest BCUT2D eigenvalue weighted by molar-refractivity contribution is -0.135. The molecule has 1 N–H and O–H groups in total. The molecule has 14 heavy (non-hydrogen) atoms. The van der Waals surface area contributed by atoms with Gasteiger partial charge in [-0.15, -0.1) is 12.4 Å². The monoisotopic (exact) mass is 218 g/mol. The zero-order valence-electron chi connectivity index (χ0n) is 8.82. The summed E-state index contributed by atoms with van der Waals surface area (Å²) in [5.74, 6) is 1.37. The minimum absolute atomic E-state index is 0. The van der Waals surface area contributed by atoms with Gasteiger partial charge in [0.1, 0.15) is 0 Å². The van der Waals surface area contributed by atoms with Gasteiger partial charge in [-0.05, 0) is 19.3 Å². The minimum Gasteiger partial charge on any atom is -0.337 e. The molecular weight excluding hydrogens is 200 g/mol. The molecule has 1 saturated carbocycles. The fourth-order valence-corrected chi connectivity index (χ4v) is 2.05. The van der Waals surface area contributed by atoms with Gasteiger partial charge < -0.3 is 10.2 Å². The molecule has 0 aromatic heterocycles. The number of carbonyl (C=O) groups is 1. The number of nitrogens with one attached hydrogen (secondary N) is 1. The van der Waals surface area contributed by atoms with Gasteiger partial charge in [0.2, 0.25) is 5.91 Å². The maximum atomic E-state index is 11.9. The maximum Gasteiger partial charge on any atom is 0.226 e. The van der Waals surface area contributed by atoms with Crippen LogP contribution in [0, 0.1) is 11.8 Å². The van der Waals surface area contributed by atoms with Crippen molar-refractivity contribution in [1.82, 2.24) is 10.2 Å². The Bertz CT molecular complexity index is 222. The summed E-state index contributed by atoms with van der Waals surface area (Å²) < 4.78 is 0. The second kappa shape index (κ2) is 4.49. The highest BCUT2D eigenvalue weighted by Crippen LogP contribution is 2.39. The van der Waals surface area contributed by atoms with Crippen molar-refractivity contribution in [1.29, 1.82) is 0 Å². The van der Waals surface area contributed by atoms with E-state index in [1.54, 1.807) is 0 Å². The van der Waals surface area contributed by atoms with Gasteiger partial charge in [0.25, 0.3) is 0 Å². The Morgan fingerprint density at radius 2 is 2.07 bits per heavy atom. The van der Waals surface area contributed by atoms with Crippen LogP contribution < -0.4 is 5.32 Å². The largest absolute Gasteiger partial charge is 0.337 e. The maximum absolute atomic E-state index is 11.9. The summed E-state index contributed by atoms with van der Waals surface area (Å²) in [6.45, 7) is 7.08. The first kappa shape index (κ1) is 11.8. The summed E-state index contributed by atoms with van der Waals surface area (Å²) >= 11 is 0. The van der Waals surface area contributed by atoms with Crippen molar-refractivity contribution in [3.8, 4) is 0 Å². The number of hydrogen-bond donors (Lipinski definition) is 1. The molecule has 1 heterocycles. The summed E-state index contributed by atoms with van der Waals surface area (Å²) in [5.41, 5.74) is 0. The lowest BCUT2D eigenvalue weighted by Crippen LogP contribution is -2.52. The van der Waals surface area contributed by atoms with E-state index in [9.17, 15) is 4.79 Å². The van der Waals surface area contributed by atoms with Gasteiger partial charge in [-0.3, -0.25) is 4.79 Å². The molecule has 0 spiro atoms. The topological polar surface area (TPSA) is 32.3 Å². The van der Waals surface area contributed by atoms with Crippen LogP contribution in [-0.4, -0.2) is 36.5 Å². The van der Waals surface area contributed by atoms with Crippen LogP contribution in [0.5, 0.6) is 0 Å². The Hall–Kier alpha value is -0.280. The van der Waals surface area contributed by atoms with E-state index in [4.69, 9.17) is 0 Å². The zero-order valence-corrected chi connectivity index (χ0v) is 9.64. The van der Waals surface area contributed by atoms with Crippen LogP contribution in [0.2, 0.25) is 0 Å². The molecule has 1 saturated heterocycles. The SMILES string of the molecule is C[C@@H]1C[C@H]1C(=O)N1CCNC[C@H]1C.Cl. The van der Waals surface area contributed by atoms with Crippen LogP contribution in [-0.2, 0) is 4.79 Å². The van der Waals surface area contributed by atoms with Crippen molar-refractivity contribution < 1.29 is 4.79 Å². The van der Waals surface area contributed by atoms with E-state index in [1.165, 1.54) is 0 Å². The molecule has 0 aromatic carbocycles. The number of halogens is 1. The van der Waals surface area contributed by atoms with Crippen LogP contribution >= 0.6 is 12.4 Å². The average Bonchev–Trinajstić information content (AvgIpc) is 2.82. The first-order valence-electron chi connectivity index (χ1n) is 5.21. The fourth-order valence-electron chi connectivity index (χ4n) is 2.05. The van der Waals surface area contributed by atoms with Crippen LogP contribution in [0.15, 0.2) is 0 Å². The minimum atomic E-state index is 0. The third kappa shape index (κ3) is 2.20. The summed E-state index contributed by atoms with van der Waals surface area (Å²) in [7, 11) is 0. The van der Waals surface area contributed by atoms with E-state index >= 15 is 0 Å². The predicted molar refractivity (Wildman–Crippen MR) is 58.6 cm³/mol. The van der Waals surface area contributed by atoms with E-state index in [0.29, 0.717) is 23.8 Å². The molecule has 2 fully saturated rings. The molecule has 2 aliphatic rings. The highest BCUT2D eigenvalue weighted by Gasteiger charge is 2.42. The molecule has 1 aliphatic carbocycles. The molecule has 1 aliphatic heterocycles. The van der Waals surface area contributed by atoms with Crippen molar-refractivity contribution in [2.45, 2.75) is 26.3 Å². The van der Waals surface area contributed by atoms with Crippen molar-refractivity contribution in [2.24, 2.45) is 11.8 Å². The van der Waals surface area contributed by atoms with Crippen molar-refractivity contribution in [3.63, 3.8) is 0 Å². The molecule has 0 aromatic rings. The summed E-state index contributed by atoms with van der Waals surface area (Å²) in [6.07, 6.45) is 1.11. The molecule has 0 radical (unpaired) electrons. The molecule has 3 atom stereocenters. The number of carbonyl (C=O) groups excluding carboxylic acids is 1. The van der Waals surface area contributed by atoms with Crippen molar-refractivity contribution in [2.75, 3.05) is 19.6 Å². The first-order valence-corrected chi connectivity index (χ1v) is 5.21. The molecular formula is C10H19ClN2O. The van der Waals surface area contributed by atoms with Gasteiger partial charge >= 0.3 is 0 Å². The molecule has 4 heteroatoms. The van der Waals surface area contributed by atoms with Gasteiger partial charge in [-0.2, -0.15) is 0 Å². The summed E-state index contributed by atoms with van der Waals surface area (Å²) in [6, 6.07) is 0.383. The van der Waals surface area contributed by atoms with Crippen LogP contribution in [0.4, 0.5) is 0 Å². The zero-order chi connectivity index (χ0) is 9.42. The standard InChI is InChI=1S/C10H18N2O.ClH/c1-7-5-9(7)10(13)12-4-3-11-6-8(12)2;/h7-9,11H,3-6H2,1-2H3;1H/t7-,8-,9-;/m1./s1. The van der Waals surface area contributed by atoms with Crippen molar-refractivity contribution in [3.05, 3.63) is 0 Å². The number of amides is 1. The second-order valence-electron chi connectivity index (χ2n) is 4.40. The van der Waals surface area contributed by atoms with Crippen LogP contribution in [0.25, 0.3) is 0 Å². The Morgan fingerprint density at radius 3 is 2.57 bits per heavy atom. The van der Waals surface area contributed by atoms with E-state index in [-0.39, 0.29) is 12.4 Å². The Balaban J connectivity index is 0.000000980. The van der Waals surface area contributed by atoms with E-state index < -0.39 is 0 Å². The van der Waals surface area contributed by atoms with Crippen LogP contribution in [0.1, 0.15) is 20.3 Å². The third-order valence-corrected chi connectivity index (χ3v) is 3.21. The van der Waals surface area contributed by atoms with Gasteiger partial charge in [0.15, 0.2) is 0 Å². The fraction of sp³-hybridized carbons (Fsp3) is 0.900. The van der Waals surface area contributed by atoms with Gasteiger partial charge in [0.05, 0.1) is 0 Å². The molecule has 0 bridgehead atoms. The Kier molecular flexibility index (Phi) is 3.78. The number of hydrogen-bond acceptors (Lipinski definition) is 2. The van der Waals surface area contributed by atoms with Gasteiger partial charge in [0, 0.05) is 31.6 Å². The average molecular weight is 219 g/mol. The van der Waals surface area contributed by atoms with Crippen molar-refractivity contribution >= 4 is 18.3 Å². The lowest BCUT2D eigenvalue weighted by Gasteiger charge is -2.34. The highest BCUT2D eigenvalue weighted by atomic mass is 35.5. The van der Waals surface area contributed by atoms with E-state index in [2.05, 4.69) is 19.2 Å². The smallest absolute Gasteiger partial charge is 0.226 e. The lowest BCUT2D eigenvalue weighted by atomic mass is 10.2. The Labute approximate surface area is 91.6 Å². The number of piperazine rings is 1. The first-order chi connectivity index (χ1) is 6.20. The van der Waals surface area contributed by atoms with E-state index in [1.807, 2.05) is 4.90 Å².